The molecule has 2 heterocycles. The molecule has 412 valence electrons. The van der Waals surface area contributed by atoms with Gasteiger partial charge in [-0.05, 0) is 137 Å². The molecular formula is C50H66I2N12O10S2. The molecule has 26 heteroatoms. The lowest BCUT2D eigenvalue weighted by Crippen LogP contribution is -2.62. The predicted octanol–water partition coefficient (Wildman–Crippen LogP) is 0.460. The van der Waals surface area contributed by atoms with Crippen molar-refractivity contribution in [3.8, 4) is 5.75 Å². The summed E-state index contributed by atoms with van der Waals surface area (Å²) in [7, 11) is 2.01. The lowest BCUT2D eigenvalue weighted by Gasteiger charge is -2.29. The number of benzene rings is 3. The summed E-state index contributed by atoms with van der Waals surface area (Å²) >= 11 is 3.98. The Morgan fingerprint density at radius 2 is 1.41 bits per heavy atom. The standard InChI is InChI=1S/C50H66I2N12O10S2/c1-24(2)41-50(74)62-39(49(73)64-42(25(3)65)43(56)67)23-76-75-22-38(61-44(68)33(55)18-26-11-13-32(54)30(51)16-26)48(72)59-36(19-27-12-14-40(66)31(52)17-27)46(70)60-37(20-28-21-57-34-9-5-4-8-29(28)34)47(71)58-35(45(69)63-41)10-6-7-15-53/h4-5,8-9,11-14,16-17,21,24-25,33,35-39,41-42,57,65-66H,6-7,10,15,18-20,22-23,53-55H2,1-3H3,(H2,56,67)(H,58,71)(H,59,72)(H,60,70)(H,61,68)(H,62,74)(H,63,69)(H,64,73)/t25-,33-,35+,36+,37?,38?,39?,41?,42+/m1/s1. The number of hydrogen-bond acceptors (Lipinski definition) is 15. The summed E-state index contributed by atoms with van der Waals surface area (Å²) < 4.78 is 1.19. The van der Waals surface area contributed by atoms with Gasteiger partial charge in [0.2, 0.25) is 47.3 Å². The molecule has 1 aliphatic rings. The second-order valence-corrected chi connectivity index (χ2v) is 23.6. The van der Waals surface area contributed by atoms with E-state index in [-0.39, 0.29) is 49.5 Å². The average Bonchev–Trinajstić information content (AvgIpc) is 3.78. The number of carbonyl (C=O) groups is 8. The van der Waals surface area contributed by atoms with E-state index in [1.165, 1.54) is 13.0 Å². The molecule has 0 radical (unpaired) electrons. The van der Waals surface area contributed by atoms with Crippen LogP contribution in [-0.2, 0) is 57.6 Å². The fourth-order valence-electron chi connectivity index (χ4n) is 8.09. The number of para-hydroxylation sites is 1. The van der Waals surface area contributed by atoms with Gasteiger partial charge >= 0.3 is 0 Å². The molecule has 1 aromatic heterocycles. The number of aromatic hydroxyl groups is 1. The van der Waals surface area contributed by atoms with Gasteiger partial charge in [-0.15, -0.1) is 0 Å². The smallest absolute Gasteiger partial charge is 0.244 e. The molecule has 0 saturated carbocycles. The number of nitrogens with two attached hydrogens (primary N) is 4. The minimum atomic E-state index is -1.55. The number of amides is 8. The Kier molecular flexibility index (Phi) is 23.7. The van der Waals surface area contributed by atoms with Crippen LogP contribution in [-0.4, -0.2) is 135 Å². The topological polar surface area (TPSA) is 381 Å². The maximum atomic E-state index is 14.9. The third-order valence-corrected chi connectivity index (χ3v) is 16.6. The number of nitrogens with one attached hydrogen (secondary N) is 8. The first-order chi connectivity index (χ1) is 36.1. The molecule has 8 amide bonds. The second-order valence-electron chi connectivity index (χ2n) is 18.7. The molecule has 4 unspecified atom stereocenters. The Morgan fingerprint density at radius 1 is 0.776 bits per heavy atom. The molecule has 1 aliphatic heterocycles. The van der Waals surface area contributed by atoms with Gasteiger partial charge in [-0.2, -0.15) is 0 Å². The van der Waals surface area contributed by atoms with Crippen molar-refractivity contribution >= 4 is 131 Å². The molecule has 0 bridgehead atoms. The molecule has 9 atom stereocenters. The van der Waals surface area contributed by atoms with Crippen molar-refractivity contribution in [2.45, 2.75) is 114 Å². The number of rotatable bonds is 17. The van der Waals surface area contributed by atoms with Gasteiger partial charge in [-0.25, -0.2) is 0 Å². The van der Waals surface area contributed by atoms with Crippen LogP contribution in [0.2, 0.25) is 0 Å². The number of halogens is 2. The van der Waals surface area contributed by atoms with Crippen molar-refractivity contribution in [3.05, 3.63) is 90.7 Å². The molecule has 5 rings (SSSR count). The van der Waals surface area contributed by atoms with E-state index in [2.05, 4.69) is 64.8 Å². The van der Waals surface area contributed by atoms with Gasteiger partial charge in [0.25, 0.3) is 0 Å². The Balaban J connectivity index is 1.60. The van der Waals surface area contributed by atoms with E-state index in [0.29, 0.717) is 38.8 Å². The van der Waals surface area contributed by atoms with E-state index in [1.807, 2.05) is 46.9 Å². The number of carbonyl (C=O) groups excluding carboxylic acids is 8. The first-order valence-corrected chi connectivity index (χ1v) is 29.1. The number of H-pyrrole nitrogens is 1. The number of phenolic OH excluding ortho intramolecular Hbond substituents is 1. The Morgan fingerprint density at radius 3 is 2.07 bits per heavy atom. The van der Waals surface area contributed by atoms with E-state index in [4.69, 9.17) is 22.9 Å². The van der Waals surface area contributed by atoms with Crippen LogP contribution in [0.1, 0.15) is 56.7 Å². The van der Waals surface area contributed by atoms with Gasteiger partial charge in [0.05, 0.1) is 15.7 Å². The molecule has 4 aromatic rings. The SMILES string of the molecule is CC(C)C1NC(=O)[C@H](CCCCN)NC(=O)C(Cc2c[nH]c3ccccc23)NC(=O)[C@H](Cc2ccc(O)c(I)c2)NC(=O)C(NC(=O)[C@H](N)Cc2ccc(N)c(I)c2)CSSCC(C(=O)N[C@H](C(N)=O)[C@@H](C)O)NC1=O. The van der Waals surface area contributed by atoms with Crippen LogP contribution in [0.5, 0.6) is 5.75 Å². The van der Waals surface area contributed by atoms with Crippen molar-refractivity contribution in [1.82, 2.24) is 42.2 Å². The summed E-state index contributed by atoms with van der Waals surface area (Å²) in [6, 6.07) is 6.19. The van der Waals surface area contributed by atoms with Crippen LogP contribution in [0.4, 0.5) is 5.69 Å². The average molecular weight is 1310 g/mol. The number of nitrogen functional groups attached to an aromatic ring is 1. The number of fused-ring (bicyclic) bond motifs is 1. The summed E-state index contributed by atoms with van der Waals surface area (Å²) in [5, 5.41) is 40.4. The fraction of sp³-hybridized carbons (Fsp3) is 0.440. The van der Waals surface area contributed by atoms with Gasteiger partial charge in [-0.3, -0.25) is 38.4 Å². The zero-order chi connectivity index (χ0) is 55.8. The number of aliphatic hydroxyl groups is 1. The van der Waals surface area contributed by atoms with Crippen molar-refractivity contribution in [2.24, 2.45) is 23.1 Å². The number of anilines is 1. The van der Waals surface area contributed by atoms with Gasteiger partial charge < -0.3 is 75.3 Å². The maximum absolute atomic E-state index is 14.9. The number of unbranched alkanes of at least 4 members (excludes halogenated alkanes) is 1. The first kappa shape index (κ1) is 61.5. The Hall–Kier alpha value is -5.40. The molecule has 0 aliphatic carbocycles. The van der Waals surface area contributed by atoms with Crippen molar-refractivity contribution in [2.75, 3.05) is 23.8 Å². The minimum absolute atomic E-state index is 0.0217. The lowest BCUT2D eigenvalue weighted by atomic mass is 10.00. The Labute approximate surface area is 475 Å². The van der Waals surface area contributed by atoms with Crippen molar-refractivity contribution in [1.29, 1.82) is 0 Å². The predicted molar refractivity (Wildman–Crippen MR) is 309 cm³/mol. The van der Waals surface area contributed by atoms with E-state index in [9.17, 15) is 48.6 Å². The summed E-state index contributed by atoms with van der Waals surface area (Å²) in [4.78, 5) is 116. The Bertz CT molecular complexity index is 2730. The van der Waals surface area contributed by atoms with Gasteiger partial charge in [0.15, 0.2) is 0 Å². The number of primary amides is 1. The van der Waals surface area contributed by atoms with Crippen LogP contribution in [0, 0.1) is 13.1 Å². The van der Waals surface area contributed by atoms with Gasteiger partial charge in [-0.1, -0.05) is 65.8 Å². The number of phenols is 1. The third-order valence-electron chi connectivity index (χ3n) is 12.4. The fourth-order valence-corrected chi connectivity index (χ4v) is 11.6. The van der Waals surface area contributed by atoms with E-state index < -0.39 is 108 Å². The highest BCUT2D eigenvalue weighted by atomic mass is 127. The van der Waals surface area contributed by atoms with Crippen LogP contribution in [0.25, 0.3) is 10.9 Å². The van der Waals surface area contributed by atoms with Gasteiger partial charge in [0.1, 0.15) is 48.0 Å². The van der Waals surface area contributed by atoms with Crippen LogP contribution in [0.3, 0.4) is 0 Å². The van der Waals surface area contributed by atoms with Crippen LogP contribution < -0.4 is 60.2 Å². The largest absolute Gasteiger partial charge is 0.507 e. The van der Waals surface area contributed by atoms with E-state index in [1.54, 1.807) is 50.4 Å². The lowest BCUT2D eigenvalue weighted by molar-refractivity contribution is -0.136. The second kappa shape index (κ2) is 29.4. The monoisotopic (exact) mass is 1310 g/mol. The maximum Gasteiger partial charge on any atom is 0.244 e. The highest BCUT2D eigenvalue weighted by Crippen LogP contribution is 2.26. The molecule has 3 aromatic carbocycles. The van der Waals surface area contributed by atoms with Crippen molar-refractivity contribution in [3.63, 3.8) is 0 Å². The molecule has 0 spiro atoms. The molecule has 18 N–H and O–H groups in total. The van der Waals surface area contributed by atoms with Gasteiger partial charge in [0, 0.05) is 50.7 Å². The third kappa shape index (κ3) is 17.8. The summed E-state index contributed by atoms with van der Waals surface area (Å²) in [5.41, 5.74) is 26.9. The zero-order valence-corrected chi connectivity index (χ0v) is 48.0. The number of aromatic amines is 1. The number of aliphatic hydroxyl groups excluding tert-OH is 1. The summed E-state index contributed by atoms with van der Waals surface area (Å²) in [6.07, 6.45) is 0.981. The molecule has 1 fully saturated rings. The minimum Gasteiger partial charge on any atom is -0.507 e. The zero-order valence-electron chi connectivity index (χ0n) is 42.0. The van der Waals surface area contributed by atoms with Crippen LogP contribution >= 0.6 is 66.8 Å². The van der Waals surface area contributed by atoms with E-state index >= 15 is 0 Å². The highest BCUT2D eigenvalue weighted by molar-refractivity contribution is 14.1. The van der Waals surface area contributed by atoms with Crippen molar-refractivity contribution < 1.29 is 48.6 Å². The highest BCUT2D eigenvalue weighted by Gasteiger charge is 2.37. The number of hydrogen-bond donors (Lipinski definition) is 14. The number of aromatic nitrogens is 1. The quantitative estimate of drug-likeness (QED) is 0.0296. The summed E-state index contributed by atoms with van der Waals surface area (Å²) in [5.74, 6) is -7.73. The first-order valence-electron chi connectivity index (χ1n) is 24.4. The molecule has 22 nitrogen and oxygen atoms in total. The van der Waals surface area contributed by atoms with E-state index in [0.717, 1.165) is 36.1 Å². The molecule has 1 saturated heterocycles. The molecular weight excluding hydrogens is 1250 g/mol. The molecule has 76 heavy (non-hydrogen) atoms. The van der Waals surface area contributed by atoms with Crippen LogP contribution in [0.15, 0.2) is 66.9 Å². The summed E-state index contributed by atoms with van der Waals surface area (Å²) in [6.45, 7) is 4.83. The normalized spacial score (nSPS) is 21.7.